The highest BCUT2D eigenvalue weighted by Crippen LogP contribution is 2.33. The number of hydrazine groups is 1. The number of amides is 2. The third kappa shape index (κ3) is 4.00. The van der Waals surface area contributed by atoms with Crippen LogP contribution in [0, 0.1) is 6.92 Å². The molecule has 2 N–H and O–H groups in total. The quantitative estimate of drug-likeness (QED) is 0.674. The van der Waals surface area contributed by atoms with E-state index in [2.05, 4.69) is 10.1 Å². The Morgan fingerprint density at radius 1 is 1.00 bits per heavy atom. The lowest BCUT2D eigenvalue weighted by atomic mass is 10.2. The van der Waals surface area contributed by atoms with Gasteiger partial charge in [0.15, 0.2) is 5.69 Å². The Morgan fingerprint density at radius 3 is 2.29 bits per heavy atom. The number of carbonyl (C=O) groups is 2. The molecular weight excluding hydrogens is 375 g/mol. The van der Waals surface area contributed by atoms with Gasteiger partial charge >= 0.3 is 6.18 Å². The Hall–Kier alpha value is -3.69. The van der Waals surface area contributed by atoms with Crippen LogP contribution in [0.4, 0.5) is 13.2 Å². The molecule has 0 saturated heterocycles. The molecular formula is C18H14F3N5O2. The maximum atomic E-state index is 13.6. The van der Waals surface area contributed by atoms with Crippen LogP contribution in [0.15, 0.2) is 55.0 Å². The predicted molar refractivity (Wildman–Crippen MR) is 92.5 cm³/mol. The number of rotatable bonds is 3. The fraction of sp³-hybridized carbons (Fsp3) is 0.111. The van der Waals surface area contributed by atoms with Crippen LogP contribution < -0.4 is 10.9 Å². The zero-order valence-corrected chi connectivity index (χ0v) is 14.5. The van der Waals surface area contributed by atoms with Gasteiger partial charge in [0.25, 0.3) is 11.8 Å². The SMILES string of the molecule is Cc1ccc(-n2ncc(C(=O)NNC(=O)c3cccnc3)c2C(F)(F)F)cc1. The maximum absolute atomic E-state index is 13.6. The van der Waals surface area contributed by atoms with Gasteiger partial charge in [-0.25, -0.2) is 4.68 Å². The average Bonchev–Trinajstić information content (AvgIpc) is 3.13. The molecule has 3 rings (SSSR count). The minimum atomic E-state index is -4.85. The molecule has 0 unspecified atom stereocenters. The van der Waals surface area contributed by atoms with Crippen molar-refractivity contribution in [2.24, 2.45) is 0 Å². The van der Waals surface area contributed by atoms with Crippen LogP contribution in [0.3, 0.4) is 0 Å². The van der Waals surface area contributed by atoms with Crippen molar-refractivity contribution in [1.29, 1.82) is 0 Å². The fourth-order valence-corrected chi connectivity index (χ4v) is 2.42. The summed E-state index contributed by atoms with van der Waals surface area (Å²) in [6.45, 7) is 1.79. The van der Waals surface area contributed by atoms with E-state index in [-0.39, 0.29) is 11.3 Å². The number of carbonyl (C=O) groups excluding carboxylic acids is 2. The number of aryl methyl sites for hydroxylation is 1. The molecule has 2 amide bonds. The molecule has 0 bridgehead atoms. The highest BCUT2D eigenvalue weighted by atomic mass is 19.4. The van der Waals surface area contributed by atoms with Crippen LogP contribution >= 0.6 is 0 Å². The van der Waals surface area contributed by atoms with Crippen LogP contribution in [-0.4, -0.2) is 26.6 Å². The summed E-state index contributed by atoms with van der Waals surface area (Å²) < 4.78 is 41.4. The summed E-state index contributed by atoms with van der Waals surface area (Å²) in [6, 6.07) is 9.12. The van der Waals surface area contributed by atoms with Crippen molar-refractivity contribution in [3.8, 4) is 5.69 Å². The van der Waals surface area contributed by atoms with Crippen molar-refractivity contribution in [2.75, 3.05) is 0 Å². The van der Waals surface area contributed by atoms with E-state index in [4.69, 9.17) is 0 Å². The van der Waals surface area contributed by atoms with Gasteiger partial charge in [-0.2, -0.15) is 18.3 Å². The molecule has 144 valence electrons. The van der Waals surface area contributed by atoms with Crippen molar-refractivity contribution in [2.45, 2.75) is 13.1 Å². The summed E-state index contributed by atoms with van der Waals surface area (Å²) in [7, 11) is 0. The zero-order valence-electron chi connectivity index (χ0n) is 14.5. The summed E-state index contributed by atoms with van der Waals surface area (Å²) >= 11 is 0. The van der Waals surface area contributed by atoms with Gasteiger partial charge in [-0.1, -0.05) is 17.7 Å². The minimum Gasteiger partial charge on any atom is -0.267 e. The minimum absolute atomic E-state index is 0.134. The van der Waals surface area contributed by atoms with Crippen LogP contribution in [0.1, 0.15) is 32.0 Å². The van der Waals surface area contributed by atoms with Gasteiger partial charge in [0.2, 0.25) is 0 Å². The molecule has 3 aromatic rings. The molecule has 0 aliphatic carbocycles. The Balaban J connectivity index is 1.86. The number of alkyl halides is 3. The summed E-state index contributed by atoms with van der Waals surface area (Å²) in [5.74, 6) is -1.87. The zero-order chi connectivity index (χ0) is 20.3. The van der Waals surface area contributed by atoms with Gasteiger partial charge in [0, 0.05) is 12.4 Å². The first-order valence-corrected chi connectivity index (χ1v) is 8.00. The number of hydrogen-bond acceptors (Lipinski definition) is 4. The second-order valence-corrected chi connectivity index (χ2v) is 5.80. The Labute approximate surface area is 157 Å². The smallest absolute Gasteiger partial charge is 0.267 e. The summed E-state index contributed by atoms with van der Waals surface area (Å²) in [5, 5.41) is 3.70. The number of halogens is 3. The normalized spacial score (nSPS) is 11.1. The molecule has 0 fully saturated rings. The molecule has 0 saturated carbocycles. The molecule has 0 aliphatic heterocycles. The lowest BCUT2D eigenvalue weighted by Gasteiger charge is -2.13. The van der Waals surface area contributed by atoms with Gasteiger partial charge in [0.05, 0.1) is 23.0 Å². The standard InChI is InChI=1S/C18H14F3N5O2/c1-11-4-6-13(7-5-11)26-15(18(19,20)21)14(10-23-26)17(28)25-24-16(27)12-3-2-8-22-9-12/h2-10H,1H3,(H,24,27)(H,25,28). The van der Waals surface area contributed by atoms with Crippen LogP contribution in [0.2, 0.25) is 0 Å². The van der Waals surface area contributed by atoms with Gasteiger partial charge in [0.1, 0.15) is 0 Å². The van der Waals surface area contributed by atoms with Crippen molar-refractivity contribution in [3.05, 3.63) is 77.4 Å². The van der Waals surface area contributed by atoms with Gasteiger partial charge in [-0.05, 0) is 31.2 Å². The van der Waals surface area contributed by atoms with E-state index in [1.807, 2.05) is 10.9 Å². The van der Waals surface area contributed by atoms with Crippen molar-refractivity contribution < 1.29 is 22.8 Å². The van der Waals surface area contributed by atoms with Crippen LogP contribution in [0.5, 0.6) is 0 Å². The van der Waals surface area contributed by atoms with Crippen LogP contribution in [0.25, 0.3) is 5.69 Å². The first kappa shape index (κ1) is 19.1. The highest BCUT2D eigenvalue weighted by molar-refractivity contribution is 5.99. The van der Waals surface area contributed by atoms with E-state index in [1.165, 1.54) is 36.7 Å². The Morgan fingerprint density at radius 2 is 1.68 bits per heavy atom. The van der Waals surface area contributed by atoms with Crippen molar-refractivity contribution in [1.82, 2.24) is 25.6 Å². The van der Waals surface area contributed by atoms with Crippen molar-refractivity contribution in [3.63, 3.8) is 0 Å². The topological polar surface area (TPSA) is 88.9 Å². The number of hydrogen-bond donors (Lipinski definition) is 2. The Bertz CT molecular complexity index is 998. The fourth-order valence-electron chi connectivity index (χ4n) is 2.42. The van der Waals surface area contributed by atoms with Gasteiger partial charge in [-0.15, -0.1) is 0 Å². The molecule has 0 spiro atoms. The molecule has 0 aliphatic rings. The molecule has 0 radical (unpaired) electrons. The summed E-state index contributed by atoms with van der Waals surface area (Å²) in [5.41, 5.74) is 3.19. The lowest BCUT2D eigenvalue weighted by Crippen LogP contribution is -2.42. The van der Waals surface area contributed by atoms with Gasteiger partial charge < -0.3 is 0 Å². The molecule has 1 aromatic carbocycles. The largest absolute Gasteiger partial charge is 0.434 e. The monoisotopic (exact) mass is 389 g/mol. The van der Waals surface area contributed by atoms with E-state index >= 15 is 0 Å². The average molecular weight is 389 g/mol. The number of benzene rings is 1. The molecule has 2 heterocycles. The number of pyridine rings is 1. The van der Waals surface area contributed by atoms with E-state index in [0.29, 0.717) is 4.68 Å². The van der Waals surface area contributed by atoms with E-state index in [9.17, 15) is 22.8 Å². The van der Waals surface area contributed by atoms with E-state index < -0.39 is 29.2 Å². The molecule has 28 heavy (non-hydrogen) atoms. The molecule has 2 aromatic heterocycles. The van der Waals surface area contributed by atoms with Crippen molar-refractivity contribution >= 4 is 11.8 Å². The molecule has 10 heteroatoms. The third-order valence-corrected chi connectivity index (χ3v) is 3.77. The van der Waals surface area contributed by atoms with E-state index in [1.54, 1.807) is 19.1 Å². The van der Waals surface area contributed by atoms with Crippen LogP contribution in [-0.2, 0) is 6.18 Å². The maximum Gasteiger partial charge on any atom is 0.434 e. The third-order valence-electron chi connectivity index (χ3n) is 3.77. The molecule has 7 nitrogen and oxygen atoms in total. The highest BCUT2D eigenvalue weighted by Gasteiger charge is 2.40. The first-order valence-electron chi connectivity index (χ1n) is 8.00. The summed E-state index contributed by atoms with van der Waals surface area (Å²) in [6.07, 6.45) is -1.35. The Kier molecular flexibility index (Phi) is 5.12. The first-order chi connectivity index (χ1) is 13.3. The second kappa shape index (κ2) is 7.51. The van der Waals surface area contributed by atoms with E-state index in [0.717, 1.165) is 11.8 Å². The number of nitrogens with one attached hydrogen (secondary N) is 2. The number of nitrogens with zero attached hydrogens (tertiary/aromatic N) is 3. The predicted octanol–water partition coefficient (Wildman–Crippen LogP) is 2.67. The number of aromatic nitrogens is 3. The van der Waals surface area contributed by atoms with Gasteiger partial charge in [-0.3, -0.25) is 25.4 Å². The summed E-state index contributed by atoms with van der Waals surface area (Å²) in [4.78, 5) is 27.9. The lowest BCUT2D eigenvalue weighted by molar-refractivity contribution is -0.143. The molecule has 0 atom stereocenters. The second-order valence-electron chi connectivity index (χ2n) is 5.80.